The number of anilines is 6. The SMILES string of the molecule is CC1(C)c2cc(N(c3ccccc3)c3ccccc3)ccc2-c2c1c1ccc(N(c3ccccc3)c3ccccc3)cc1c1nccnc21. The highest BCUT2D eigenvalue weighted by atomic mass is 15.1. The minimum absolute atomic E-state index is 0.288. The molecule has 1 heterocycles. The topological polar surface area (TPSA) is 32.3 Å². The zero-order chi connectivity index (χ0) is 33.0. The lowest BCUT2D eigenvalue weighted by atomic mass is 9.79. The Morgan fingerprint density at radius 3 is 1.39 bits per heavy atom. The van der Waals surface area contributed by atoms with Gasteiger partial charge in [0.25, 0.3) is 0 Å². The molecule has 1 aromatic heterocycles. The average Bonchev–Trinajstić information content (AvgIpc) is 3.40. The van der Waals surface area contributed by atoms with Crippen LogP contribution in [0.15, 0.2) is 170 Å². The van der Waals surface area contributed by atoms with Gasteiger partial charge in [0.05, 0.1) is 11.0 Å². The van der Waals surface area contributed by atoms with Crippen molar-refractivity contribution < 1.29 is 0 Å². The van der Waals surface area contributed by atoms with E-state index in [1.165, 1.54) is 27.6 Å². The van der Waals surface area contributed by atoms with Crippen LogP contribution in [0.2, 0.25) is 0 Å². The van der Waals surface area contributed by atoms with Gasteiger partial charge in [-0.1, -0.05) is 98.8 Å². The zero-order valence-corrected chi connectivity index (χ0v) is 27.5. The van der Waals surface area contributed by atoms with Crippen LogP contribution in [0.1, 0.15) is 25.0 Å². The molecule has 8 aromatic rings. The number of rotatable bonds is 6. The van der Waals surface area contributed by atoms with E-state index in [4.69, 9.17) is 9.97 Å². The zero-order valence-electron chi connectivity index (χ0n) is 27.5. The van der Waals surface area contributed by atoms with E-state index in [9.17, 15) is 0 Å². The lowest BCUT2D eigenvalue weighted by Crippen LogP contribution is -2.17. The number of hydrogen-bond acceptors (Lipinski definition) is 4. The summed E-state index contributed by atoms with van der Waals surface area (Å²) in [6.45, 7) is 4.71. The fraction of sp³-hybridized carbons (Fsp3) is 0.0667. The Hall–Kier alpha value is -6.26. The van der Waals surface area contributed by atoms with E-state index in [1.807, 2.05) is 12.4 Å². The monoisotopic (exact) mass is 630 g/mol. The molecule has 0 saturated heterocycles. The summed E-state index contributed by atoms with van der Waals surface area (Å²) in [5.41, 5.74) is 13.2. The van der Waals surface area contributed by atoms with Gasteiger partial charge in [-0.25, -0.2) is 0 Å². The fourth-order valence-electron chi connectivity index (χ4n) is 7.71. The molecular formula is C45H34N4. The maximum absolute atomic E-state index is 5.02. The van der Waals surface area contributed by atoms with E-state index < -0.39 is 0 Å². The Balaban J connectivity index is 1.26. The third-order valence-corrected chi connectivity index (χ3v) is 9.86. The number of fused-ring (bicyclic) bond motifs is 8. The van der Waals surface area contributed by atoms with Crippen LogP contribution >= 0.6 is 0 Å². The highest BCUT2D eigenvalue weighted by molar-refractivity contribution is 6.16. The van der Waals surface area contributed by atoms with Gasteiger partial charge in [-0.15, -0.1) is 0 Å². The summed E-state index contributed by atoms with van der Waals surface area (Å²) < 4.78 is 0. The molecular weight excluding hydrogens is 597 g/mol. The highest BCUT2D eigenvalue weighted by Crippen LogP contribution is 2.55. The summed E-state index contributed by atoms with van der Waals surface area (Å²) in [5.74, 6) is 0. The molecule has 9 rings (SSSR count). The largest absolute Gasteiger partial charge is 0.310 e. The second-order valence-electron chi connectivity index (χ2n) is 13.1. The predicted octanol–water partition coefficient (Wildman–Crippen LogP) is 12.0. The standard InChI is InChI=1S/C45H34N4/c1-45(2)40-30-36(49(33-19-11-5-12-20-33)34-21-13-6-14-22-34)24-26-38(40)41-42(45)37-25-23-35(29-39(37)43-44(41)47-28-27-46-43)48(31-15-7-3-8-16-31)32-17-9-4-10-18-32/h3-30H,1-2H3. The first-order chi connectivity index (χ1) is 24.1. The van der Waals surface area contributed by atoms with Crippen LogP contribution in [0.5, 0.6) is 0 Å². The molecule has 0 unspecified atom stereocenters. The maximum atomic E-state index is 5.02. The molecule has 4 heteroatoms. The maximum Gasteiger partial charge on any atom is 0.0974 e. The molecule has 0 N–H and O–H groups in total. The molecule has 7 aromatic carbocycles. The van der Waals surface area contributed by atoms with Crippen molar-refractivity contribution >= 4 is 55.9 Å². The molecule has 0 amide bonds. The van der Waals surface area contributed by atoms with Crippen LogP contribution in [-0.4, -0.2) is 9.97 Å². The van der Waals surface area contributed by atoms with Crippen LogP contribution in [0.3, 0.4) is 0 Å². The molecule has 0 spiro atoms. The molecule has 0 saturated carbocycles. The number of benzene rings is 7. The van der Waals surface area contributed by atoms with Gasteiger partial charge in [-0.2, -0.15) is 0 Å². The van der Waals surface area contributed by atoms with Crippen molar-refractivity contribution in [2.45, 2.75) is 19.3 Å². The highest BCUT2D eigenvalue weighted by Gasteiger charge is 2.40. The van der Waals surface area contributed by atoms with E-state index >= 15 is 0 Å². The van der Waals surface area contributed by atoms with Crippen molar-refractivity contribution in [1.82, 2.24) is 9.97 Å². The van der Waals surface area contributed by atoms with E-state index in [2.05, 4.69) is 181 Å². The molecule has 1 aliphatic carbocycles. The molecule has 0 bridgehead atoms. The van der Waals surface area contributed by atoms with Gasteiger partial charge in [-0.3, -0.25) is 9.97 Å². The minimum atomic E-state index is -0.288. The van der Waals surface area contributed by atoms with E-state index in [1.54, 1.807) is 0 Å². The van der Waals surface area contributed by atoms with Crippen molar-refractivity contribution in [2.75, 3.05) is 9.80 Å². The number of hydrogen-bond donors (Lipinski definition) is 0. The van der Waals surface area contributed by atoms with E-state index in [0.29, 0.717) is 0 Å². The quantitative estimate of drug-likeness (QED) is 0.171. The minimum Gasteiger partial charge on any atom is -0.310 e. The molecule has 234 valence electrons. The first kappa shape index (κ1) is 28.9. The van der Waals surface area contributed by atoms with E-state index in [0.717, 1.165) is 50.5 Å². The third kappa shape index (κ3) is 4.68. The van der Waals surface area contributed by atoms with Gasteiger partial charge in [-0.05, 0) is 94.9 Å². The fourth-order valence-corrected chi connectivity index (χ4v) is 7.71. The summed E-state index contributed by atoms with van der Waals surface area (Å²) in [5, 5.41) is 2.31. The second-order valence-corrected chi connectivity index (χ2v) is 13.1. The smallest absolute Gasteiger partial charge is 0.0974 e. The lowest BCUT2D eigenvalue weighted by Gasteiger charge is -2.29. The lowest BCUT2D eigenvalue weighted by molar-refractivity contribution is 0.666. The predicted molar refractivity (Wildman–Crippen MR) is 204 cm³/mol. The Labute approximate surface area is 286 Å². The van der Waals surface area contributed by atoms with Gasteiger partial charge >= 0.3 is 0 Å². The van der Waals surface area contributed by atoms with Crippen LogP contribution in [-0.2, 0) is 5.41 Å². The summed E-state index contributed by atoms with van der Waals surface area (Å²) in [6.07, 6.45) is 3.64. The summed E-state index contributed by atoms with van der Waals surface area (Å²) in [6, 6.07) is 56.1. The molecule has 4 nitrogen and oxygen atoms in total. The Bertz CT molecular complexity index is 2380. The van der Waals surface area contributed by atoms with Crippen molar-refractivity contribution in [3.05, 3.63) is 181 Å². The normalized spacial score (nSPS) is 12.9. The van der Waals surface area contributed by atoms with Gasteiger partial charge < -0.3 is 9.80 Å². The summed E-state index contributed by atoms with van der Waals surface area (Å²) in [7, 11) is 0. The molecule has 49 heavy (non-hydrogen) atoms. The second kappa shape index (κ2) is 11.5. The van der Waals surface area contributed by atoms with Gasteiger partial charge in [0.2, 0.25) is 0 Å². The Morgan fingerprint density at radius 2 is 0.878 bits per heavy atom. The Morgan fingerprint density at radius 1 is 0.429 bits per heavy atom. The summed E-state index contributed by atoms with van der Waals surface area (Å²) >= 11 is 0. The van der Waals surface area contributed by atoms with Gasteiger partial charge in [0.1, 0.15) is 0 Å². The van der Waals surface area contributed by atoms with Crippen molar-refractivity contribution in [1.29, 1.82) is 0 Å². The number of aromatic nitrogens is 2. The Kier molecular flexibility index (Phi) is 6.77. The molecule has 0 fully saturated rings. The third-order valence-electron chi connectivity index (χ3n) is 9.86. The van der Waals surface area contributed by atoms with E-state index in [-0.39, 0.29) is 5.41 Å². The van der Waals surface area contributed by atoms with Crippen molar-refractivity contribution in [2.24, 2.45) is 0 Å². The number of para-hydroxylation sites is 4. The molecule has 0 radical (unpaired) electrons. The van der Waals surface area contributed by atoms with Crippen LogP contribution < -0.4 is 9.80 Å². The van der Waals surface area contributed by atoms with Crippen molar-refractivity contribution in [3.8, 4) is 11.1 Å². The molecule has 1 aliphatic rings. The van der Waals surface area contributed by atoms with Gasteiger partial charge in [0.15, 0.2) is 0 Å². The summed E-state index contributed by atoms with van der Waals surface area (Å²) in [4.78, 5) is 14.7. The molecule has 0 aliphatic heterocycles. The molecule has 0 atom stereocenters. The van der Waals surface area contributed by atoms with Crippen LogP contribution in [0.4, 0.5) is 34.1 Å². The van der Waals surface area contributed by atoms with Crippen LogP contribution in [0.25, 0.3) is 32.9 Å². The van der Waals surface area contributed by atoms with Crippen molar-refractivity contribution in [3.63, 3.8) is 0 Å². The van der Waals surface area contributed by atoms with Crippen LogP contribution in [0, 0.1) is 0 Å². The first-order valence-electron chi connectivity index (χ1n) is 16.8. The number of nitrogens with zero attached hydrogens (tertiary/aromatic N) is 4. The average molecular weight is 631 g/mol. The van der Waals surface area contributed by atoms with Gasteiger partial charge in [0, 0.05) is 62.9 Å². The first-order valence-corrected chi connectivity index (χ1v) is 16.8.